The summed E-state index contributed by atoms with van der Waals surface area (Å²) in [5, 5.41) is 4.43. The molecule has 0 bridgehead atoms. The van der Waals surface area contributed by atoms with E-state index >= 15 is 0 Å². The van der Waals surface area contributed by atoms with E-state index in [1.165, 1.54) is 22.2 Å². The number of rotatable bonds is 2. The number of H-pyrrole nitrogens is 1. The highest BCUT2D eigenvalue weighted by molar-refractivity contribution is 5.95. The highest BCUT2D eigenvalue weighted by atomic mass is 16.1. The fraction of sp³-hybridized carbons (Fsp3) is 0.286. The zero-order valence-electron chi connectivity index (χ0n) is 14.1. The van der Waals surface area contributed by atoms with Crippen LogP contribution in [0, 0.1) is 19.8 Å². The maximum Gasteiger partial charge on any atom is 0.227 e. The van der Waals surface area contributed by atoms with Crippen molar-refractivity contribution in [3.05, 3.63) is 64.8 Å². The zero-order chi connectivity index (χ0) is 16.7. The molecular formula is C21H22N2O. The minimum Gasteiger partial charge on any atom is -0.358 e. The van der Waals surface area contributed by atoms with Crippen molar-refractivity contribution in [2.75, 3.05) is 5.32 Å². The van der Waals surface area contributed by atoms with E-state index in [1.807, 2.05) is 32.0 Å². The Morgan fingerprint density at radius 3 is 2.62 bits per heavy atom. The first-order valence-electron chi connectivity index (χ1n) is 8.59. The van der Waals surface area contributed by atoms with Crippen molar-refractivity contribution in [1.29, 1.82) is 0 Å². The van der Waals surface area contributed by atoms with E-state index in [9.17, 15) is 4.79 Å². The first-order valence-corrected chi connectivity index (χ1v) is 8.59. The van der Waals surface area contributed by atoms with Gasteiger partial charge in [-0.15, -0.1) is 0 Å². The fourth-order valence-electron chi connectivity index (χ4n) is 3.83. The third-order valence-corrected chi connectivity index (χ3v) is 5.20. The molecular weight excluding hydrogens is 296 g/mol. The molecule has 2 N–H and O–H groups in total. The Morgan fingerprint density at radius 1 is 1.08 bits per heavy atom. The van der Waals surface area contributed by atoms with Crippen molar-refractivity contribution >= 4 is 22.5 Å². The predicted octanol–water partition coefficient (Wildman–Crippen LogP) is 4.53. The largest absolute Gasteiger partial charge is 0.358 e. The van der Waals surface area contributed by atoms with Gasteiger partial charge in [0.25, 0.3) is 0 Å². The fourth-order valence-corrected chi connectivity index (χ4v) is 3.83. The summed E-state index contributed by atoms with van der Waals surface area (Å²) in [6.07, 6.45) is 2.65. The lowest BCUT2D eigenvalue weighted by molar-refractivity contribution is -0.120. The minimum absolute atomic E-state index is 0.0377. The summed E-state index contributed by atoms with van der Waals surface area (Å²) in [5.41, 5.74) is 7.00. The van der Waals surface area contributed by atoms with Crippen LogP contribution in [0.4, 0.5) is 5.69 Å². The molecule has 24 heavy (non-hydrogen) atoms. The predicted molar refractivity (Wildman–Crippen MR) is 98.4 cm³/mol. The normalized spacial score (nSPS) is 16.8. The van der Waals surface area contributed by atoms with Crippen molar-refractivity contribution in [3.63, 3.8) is 0 Å². The summed E-state index contributed by atoms with van der Waals surface area (Å²) < 4.78 is 0. The van der Waals surface area contributed by atoms with E-state index in [2.05, 4.69) is 34.6 Å². The number of nitrogens with one attached hydrogen (secondary N) is 2. The van der Waals surface area contributed by atoms with Crippen molar-refractivity contribution in [2.45, 2.75) is 33.1 Å². The van der Waals surface area contributed by atoms with E-state index < -0.39 is 0 Å². The number of carbonyl (C=O) groups excluding carboxylic acids is 1. The molecule has 0 spiro atoms. The van der Waals surface area contributed by atoms with Gasteiger partial charge in [0.1, 0.15) is 0 Å². The van der Waals surface area contributed by atoms with Crippen LogP contribution in [-0.2, 0) is 17.6 Å². The lowest BCUT2D eigenvalue weighted by Crippen LogP contribution is -2.28. The van der Waals surface area contributed by atoms with Crippen LogP contribution in [0.25, 0.3) is 10.9 Å². The Morgan fingerprint density at radius 2 is 1.83 bits per heavy atom. The zero-order valence-corrected chi connectivity index (χ0v) is 14.1. The first kappa shape index (κ1) is 15.0. The van der Waals surface area contributed by atoms with Gasteiger partial charge in [0.15, 0.2) is 0 Å². The van der Waals surface area contributed by atoms with Crippen molar-refractivity contribution in [3.8, 4) is 0 Å². The van der Waals surface area contributed by atoms with E-state index in [1.54, 1.807) is 0 Å². The molecule has 1 atom stereocenters. The summed E-state index contributed by atoms with van der Waals surface area (Å²) in [7, 11) is 0. The van der Waals surface area contributed by atoms with Crippen LogP contribution in [0.2, 0.25) is 0 Å². The molecule has 1 aromatic heterocycles. The summed E-state index contributed by atoms with van der Waals surface area (Å²) in [5.74, 6) is 0.180. The van der Waals surface area contributed by atoms with Gasteiger partial charge < -0.3 is 10.3 Å². The van der Waals surface area contributed by atoms with Gasteiger partial charge in [-0.25, -0.2) is 0 Å². The van der Waals surface area contributed by atoms with Gasteiger partial charge >= 0.3 is 0 Å². The first-order chi connectivity index (χ1) is 11.6. The lowest BCUT2D eigenvalue weighted by Gasteiger charge is -2.23. The molecule has 3 nitrogen and oxygen atoms in total. The number of anilines is 1. The Labute approximate surface area is 142 Å². The molecule has 1 unspecified atom stereocenters. The number of amides is 1. The van der Waals surface area contributed by atoms with Gasteiger partial charge in [-0.3, -0.25) is 4.79 Å². The second-order valence-electron chi connectivity index (χ2n) is 6.82. The van der Waals surface area contributed by atoms with Crippen molar-refractivity contribution in [2.24, 2.45) is 5.92 Å². The monoisotopic (exact) mass is 318 g/mol. The number of benzene rings is 2. The average Bonchev–Trinajstić information content (AvgIpc) is 2.96. The summed E-state index contributed by atoms with van der Waals surface area (Å²) in [4.78, 5) is 16.3. The number of para-hydroxylation sites is 2. The molecule has 3 heteroatoms. The van der Waals surface area contributed by atoms with Crippen molar-refractivity contribution in [1.82, 2.24) is 4.98 Å². The van der Waals surface area contributed by atoms with Gasteiger partial charge in [-0.05, 0) is 55.9 Å². The summed E-state index contributed by atoms with van der Waals surface area (Å²) in [6.45, 7) is 4.09. The van der Waals surface area contributed by atoms with Gasteiger partial charge in [-0.1, -0.05) is 36.4 Å². The van der Waals surface area contributed by atoms with Crippen LogP contribution in [0.3, 0.4) is 0 Å². The topological polar surface area (TPSA) is 44.9 Å². The number of hydrogen-bond donors (Lipinski definition) is 2. The maximum atomic E-state index is 12.8. The molecule has 0 aliphatic heterocycles. The molecule has 0 fully saturated rings. The minimum atomic E-state index is 0.0377. The summed E-state index contributed by atoms with van der Waals surface area (Å²) in [6, 6.07) is 14.5. The molecule has 1 heterocycles. The quantitative estimate of drug-likeness (QED) is 0.716. The molecule has 3 aromatic rings. The van der Waals surface area contributed by atoms with Gasteiger partial charge in [-0.2, -0.15) is 0 Å². The molecule has 2 aromatic carbocycles. The van der Waals surface area contributed by atoms with Gasteiger partial charge in [0.2, 0.25) is 5.91 Å². The lowest BCUT2D eigenvalue weighted by atomic mass is 9.85. The molecule has 1 aliphatic rings. The number of aromatic amines is 1. The molecule has 0 saturated carbocycles. The van der Waals surface area contributed by atoms with E-state index in [-0.39, 0.29) is 11.8 Å². The highest BCUT2D eigenvalue weighted by Crippen LogP contribution is 2.32. The Balaban J connectivity index is 1.59. The standard InChI is InChI=1S/C21H22N2O/c1-13-6-5-7-14(2)20(13)23-21(24)15-10-11-19-17(12-15)16-8-3-4-9-18(16)22-19/h3-9,15,22H,10-12H2,1-2H3,(H,23,24). The van der Waals surface area contributed by atoms with Gasteiger partial charge in [0.05, 0.1) is 0 Å². The van der Waals surface area contributed by atoms with E-state index in [0.717, 1.165) is 36.1 Å². The number of fused-ring (bicyclic) bond motifs is 3. The average molecular weight is 318 g/mol. The molecule has 4 rings (SSSR count). The van der Waals surface area contributed by atoms with Crippen LogP contribution >= 0.6 is 0 Å². The van der Waals surface area contributed by atoms with Crippen LogP contribution in [0.5, 0.6) is 0 Å². The number of carbonyl (C=O) groups is 1. The maximum absolute atomic E-state index is 12.8. The Kier molecular flexibility index (Phi) is 3.64. The van der Waals surface area contributed by atoms with Crippen LogP contribution in [0.15, 0.2) is 42.5 Å². The Hall–Kier alpha value is -2.55. The summed E-state index contributed by atoms with van der Waals surface area (Å²) >= 11 is 0. The van der Waals surface area contributed by atoms with E-state index in [4.69, 9.17) is 0 Å². The number of aromatic nitrogens is 1. The second kappa shape index (κ2) is 5.82. The molecule has 1 aliphatic carbocycles. The highest BCUT2D eigenvalue weighted by Gasteiger charge is 2.27. The van der Waals surface area contributed by atoms with Crippen LogP contribution in [0.1, 0.15) is 28.8 Å². The second-order valence-corrected chi connectivity index (χ2v) is 6.82. The smallest absolute Gasteiger partial charge is 0.227 e. The third-order valence-electron chi connectivity index (χ3n) is 5.20. The van der Waals surface area contributed by atoms with E-state index in [0.29, 0.717) is 0 Å². The SMILES string of the molecule is Cc1cccc(C)c1NC(=O)C1CCc2[nH]c3ccccc3c2C1. The van der Waals surface area contributed by atoms with Crippen LogP contribution in [-0.4, -0.2) is 10.9 Å². The molecule has 0 saturated heterocycles. The van der Waals surface area contributed by atoms with Gasteiger partial charge in [0, 0.05) is 28.2 Å². The molecule has 0 radical (unpaired) electrons. The number of hydrogen-bond acceptors (Lipinski definition) is 1. The molecule has 122 valence electrons. The molecule has 1 amide bonds. The Bertz CT molecular complexity index is 902. The van der Waals surface area contributed by atoms with Crippen molar-refractivity contribution < 1.29 is 4.79 Å². The van der Waals surface area contributed by atoms with Crippen LogP contribution < -0.4 is 5.32 Å². The third kappa shape index (κ3) is 2.50. The number of aryl methyl sites for hydroxylation is 3.